The van der Waals surface area contributed by atoms with E-state index >= 15 is 0 Å². The summed E-state index contributed by atoms with van der Waals surface area (Å²) in [6.45, 7) is 1.85. The molecule has 0 spiro atoms. The van der Waals surface area contributed by atoms with Crippen LogP contribution in [0, 0.1) is 0 Å². The number of aliphatic imine (C=N–C) groups is 1. The van der Waals surface area contributed by atoms with Crippen molar-refractivity contribution in [1.29, 1.82) is 0 Å². The highest BCUT2D eigenvalue weighted by Gasteiger charge is 2.33. The van der Waals surface area contributed by atoms with Crippen molar-refractivity contribution in [2.45, 2.75) is 6.92 Å². The first-order chi connectivity index (χ1) is 16.0. The molecule has 9 heteroatoms. The largest absolute Gasteiger partial charge is 0.506 e. The highest BCUT2D eigenvalue weighted by atomic mass is 32.2. The van der Waals surface area contributed by atoms with Gasteiger partial charge in [0.25, 0.3) is 0 Å². The minimum absolute atomic E-state index is 0.0205. The Bertz CT molecular complexity index is 1140. The van der Waals surface area contributed by atoms with Gasteiger partial charge >= 0.3 is 5.97 Å². The van der Waals surface area contributed by atoms with Crippen LogP contribution in [0.2, 0.25) is 0 Å². The first kappa shape index (κ1) is 24.1. The number of para-hydroxylation sites is 1. The fraction of sp³-hybridized carbons (Fsp3) is 0.250. The third kappa shape index (κ3) is 5.09. The van der Waals surface area contributed by atoms with Crippen molar-refractivity contribution in [3.63, 3.8) is 0 Å². The van der Waals surface area contributed by atoms with Crippen molar-refractivity contribution in [3.05, 3.63) is 58.2 Å². The highest BCUT2D eigenvalue weighted by molar-refractivity contribution is 8.18. The lowest BCUT2D eigenvalue weighted by atomic mass is 10.1. The zero-order valence-corrected chi connectivity index (χ0v) is 19.8. The Morgan fingerprint density at radius 3 is 2.42 bits per heavy atom. The van der Waals surface area contributed by atoms with Crippen molar-refractivity contribution in [2.24, 2.45) is 4.99 Å². The van der Waals surface area contributed by atoms with E-state index in [1.807, 2.05) is 6.07 Å². The second-order valence-electron chi connectivity index (χ2n) is 6.59. The molecule has 8 nitrogen and oxygen atoms in total. The summed E-state index contributed by atoms with van der Waals surface area (Å²) in [7, 11) is 6.14. The van der Waals surface area contributed by atoms with E-state index < -0.39 is 5.97 Å². The van der Waals surface area contributed by atoms with E-state index in [9.17, 15) is 9.90 Å². The Morgan fingerprint density at radius 2 is 1.79 bits per heavy atom. The van der Waals surface area contributed by atoms with E-state index in [0.29, 0.717) is 39.2 Å². The normalized spacial score (nSPS) is 15.7. The van der Waals surface area contributed by atoms with Crippen LogP contribution in [-0.2, 0) is 9.53 Å². The van der Waals surface area contributed by atoms with Gasteiger partial charge in [-0.25, -0.2) is 9.79 Å². The van der Waals surface area contributed by atoms with Crippen LogP contribution in [0.25, 0.3) is 6.08 Å². The predicted octanol–water partition coefficient (Wildman–Crippen LogP) is 4.91. The fourth-order valence-corrected chi connectivity index (χ4v) is 4.16. The maximum Gasteiger partial charge on any atom is 0.344 e. The van der Waals surface area contributed by atoms with Crippen LogP contribution in [0.15, 0.2) is 57.6 Å². The number of ether oxygens (including phenoxy) is 5. The van der Waals surface area contributed by atoms with Gasteiger partial charge in [0.05, 0.1) is 40.0 Å². The molecule has 174 valence electrons. The number of hydrogen-bond acceptors (Lipinski definition) is 9. The predicted molar refractivity (Wildman–Crippen MR) is 128 cm³/mol. The molecule has 3 rings (SSSR count). The first-order valence-electron chi connectivity index (χ1n) is 9.99. The molecule has 0 amide bonds. The SMILES string of the molecule is CCOC(=O)C1=C(O)/C(=C\c2cccc(OC)c2OC)SC1=Nc1ccc(OC)cc1OC. The van der Waals surface area contributed by atoms with Gasteiger partial charge < -0.3 is 28.8 Å². The van der Waals surface area contributed by atoms with Crippen molar-refractivity contribution < 1.29 is 33.6 Å². The number of aliphatic hydroxyl groups excluding tert-OH is 1. The lowest BCUT2D eigenvalue weighted by molar-refractivity contribution is -0.138. The minimum atomic E-state index is -0.672. The van der Waals surface area contributed by atoms with Crippen LogP contribution >= 0.6 is 11.8 Å². The second kappa shape index (κ2) is 10.8. The van der Waals surface area contributed by atoms with Gasteiger partial charge in [-0.3, -0.25) is 0 Å². The van der Waals surface area contributed by atoms with Crippen molar-refractivity contribution in [1.82, 2.24) is 0 Å². The van der Waals surface area contributed by atoms with E-state index in [4.69, 9.17) is 23.7 Å². The molecule has 0 bridgehead atoms. The van der Waals surface area contributed by atoms with Crippen LogP contribution in [0.1, 0.15) is 12.5 Å². The minimum Gasteiger partial charge on any atom is -0.506 e. The van der Waals surface area contributed by atoms with Crippen molar-refractivity contribution >= 4 is 34.5 Å². The number of thioether (sulfide) groups is 1. The van der Waals surface area contributed by atoms with Gasteiger partial charge in [0.1, 0.15) is 33.6 Å². The summed E-state index contributed by atoms with van der Waals surface area (Å²) in [5, 5.41) is 11.2. The Labute approximate surface area is 196 Å². The van der Waals surface area contributed by atoms with Gasteiger partial charge in [-0.15, -0.1) is 0 Å². The van der Waals surface area contributed by atoms with Gasteiger partial charge in [-0.05, 0) is 31.2 Å². The quantitative estimate of drug-likeness (QED) is 0.543. The molecule has 33 heavy (non-hydrogen) atoms. The lowest BCUT2D eigenvalue weighted by Crippen LogP contribution is -2.12. The molecular weight excluding hydrogens is 446 g/mol. The molecule has 0 aliphatic carbocycles. The molecule has 2 aromatic rings. The third-order valence-electron chi connectivity index (χ3n) is 4.70. The third-order valence-corrected chi connectivity index (χ3v) is 5.72. The Balaban J connectivity index is 2.12. The van der Waals surface area contributed by atoms with Gasteiger partial charge in [-0.2, -0.15) is 0 Å². The summed E-state index contributed by atoms with van der Waals surface area (Å²) in [6.07, 6.45) is 1.70. The lowest BCUT2D eigenvalue weighted by Gasteiger charge is -2.10. The number of methoxy groups -OCH3 is 4. The molecule has 1 heterocycles. The molecule has 1 aliphatic rings. The summed E-state index contributed by atoms with van der Waals surface area (Å²) in [4.78, 5) is 17.7. The average molecular weight is 472 g/mol. The zero-order valence-electron chi connectivity index (χ0n) is 19.0. The van der Waals surface area contributed by atoms with Crippen molar-refractivity contribution in [2.75, 3.05) is 35.0 Å². The molecule has 0 saturated heterocycles. The molecule has 2 aromatic carbocycles. The maximum absolute atomic E-state index is 12.7. The van der Waals surface area contributed by atoms with Crippen molar-refractivity contribution in [3.8, 4) is 23.0 Å². The van der Waals surface area contributed by atoms with Gasteiger partial charge in [0.2, 0.25) is 0 Å². The number of nitrogens with zero attached hydrogens (tertiary/aromatic N) is 1. The molecule has 0 radical (unpaired) electrons. The van der Waals surface area contributed by atoms with E-state index in [-0.39, 0.29) is 23.0 Å². The Kier molecular flexibility index (Phi) is 7.89. The topological polar surface area (TPSA) is 95.8 Å². The van der Waals surface area contributed by atoms with Crippen LogP contribution in [-0.4, -0.2) is 51.2 Å². The highest BCUT2D eigenvalue weighted by Crippen LogP contribution is 2.43. The van der Waals surface area contributed by atoms with Crippen LogP contribution in [0.4, 0.5) is 5.69 Å². The molecule has 0 saturated carbocycles. The maximum atomic E-state index is 12.7. The average Bonchev–Trinajstić information content (AvgIpc) is 3.13. The van der Waals surface area contributed by atoms with E-state index in [0.717, 1.165) is 11.8 Å². The summed E-state index contributed by atoms with van der Waals surface area (Å²) >= 11 is 1.14. The number of carbonyl (C=O) groups excluding carboxylic acids is 1. The number of esters is 1. The Morgan fingerprint density at radius 1 is 1.03 bits per heavy atom. The van der Waals surface area contributed by atoms with Gasteiger partial charge in [0, 0.05) is 11.6 Å². The molecule has 0 aromatic heterocycles. The molecular formula is C24H25NO7S. The molecule has 1 aliphatic heterocycles. The van der Waals surface area contributed by atoms with Crippen LogP contribution in [0.5, 0.6) is 23.0 Å². The van der Waals surface area contributed by atoms with Gasteiger partial charge in [-0.1, -0.05) is 23.9 Å². The summed E-state index contributed by atoms with van der Waals surface area (Å²) in [6, 6.07) is 10.5. The van der Waals surface area contributed by atoms with E-state index in [1.54, 1.807) is 57.6 Å². The molecule has 0 fully saturated rings. The second-order valence-corrected chi connectivity index (χ2v) is 7.62. The zero-order chi connectivity index (χ0) is 24.0. The van der Waals surface area contributed by atoms with E-state index in [2.05, 4.69) is 4.99 Å². The first-order valence-corrected chi connectivity index (χ1v) is 10.8. The number of benzene rings is 2. The smallest absolute Gasteiger partial charge is 0.344 e. The summed E-state index contributed by atoms with van der Waals surface area (Å²) < 4.78 is 26.6. The standard InChI is InChI=1S/C24H25NO7S/c1-6-32-24(27)20-21(26)19(12-14-8-7-9-17(29-3)22(14)31-5)33-23(20)25-16-11-10-15(28-2)13-18(16)30-4/h7-13,26H,6H2,1-5H3/b19-12+,25-23?. The van der Waals surface area contributed by atoms with E-state index in [1.165, 1.54) is 14.2 Å². The van der Waals surface area contributed by atoms with Gasteiger partial charge in [0.15, 0.2) is 11.5 Å². The number of hydrogen-bond donors (Lipinski definition) is 1. The summed E-state index contributed by atoms with van der Waals surface area (Å²) in [5.41, 5.74) is 1.11. The molecule has 0 unspecified atom stereocenters. The monoisotopic (exact) mass is 471 g/mol. The molecule has 0 atom stereocenters. The Hall–Kier alpha value is -3.59. The number of aliphatic hydroxyl groups is 1. The van der Waals surface area contributed by atoms with Crippen LogP contribution in [0.3, 0.4) is 0 Å². The number of carbonyl (C=O) groups is 1. The molecule has 1 N–H and O–H groups in total. The summed E-state index contributed by atoms with van der Waals surface area (Å²) in [5.74, 6) is 1.20. The van der Waals surface area contributed by atoms with Crippen LogP contribution < -0.4 is 18.9 Å². The fourth-order valence-electron chi connectivity index (χ4n) is 3.15. The number of rotatable bonds is 8.